The van der Waals surface area contributed by atoms with Crippen LogP contribution in [0.25, 0.3) is 0 Å². The highest BCUT2D eigenvalue weighted by atomic mass is 16.5. The number of hydrogen-bond donors (Lipinski definition) is 1. The maximum Gasteiger partial charge on any atom is 0.0855 e. The van der Waals surface area contributed by atoms with E-state index in [-0.39, 0.29) is 17.6 Å². The van der Waals surface area contributed by atoms with Crippen molar-refractivity contribution < 1.29 is 9.84 Å². The summed E-state index contributed by atoms with van der Waals surface area (Å²) in [5.74, 6) is 0.513. The molecule has 0 unspecified atom stereocenters. The van der Waals surface area contributed by atoms with Gasteiger partial charge in [0, 0.05) is 12.0 Å². The lowest BCUT2D eigenvalue weighted by Crippen LogP contribution is -2.49. The first-order valence-electron chi connectivity index (χ1n) is 4.78. The van der Waals surface area contributed by atoms with E-state index in [1.165, 1.54) is 0 Å². The third-order valence-corrected chi connectivity index (χ3v) is 3.46. The van der Waals surface area contributed by atoms with E-state index in [4.69, 9.17) is 4.74 Å². The Kier molecular flexibility index (Phi) is 2.79. The second-order valence-electron chi connectivity index (χ2n) is 4.43. The largest absolute Gasteiger partial charge is 0.390 e. The van der Waals surface area contributed by atoms with Crippen LogP contribution in [0.3, 0.4) is 0 Å². The number of aliphatic hydroxyl groups excluding tert-OH is 1. The van der Waals surface area contributed by atoms with Crippen molar-refractivity contribution in [3.05, 3.63) is 0 Å². The van der Waals surface area contributed by atoms with Crippen molar-refractivity contribution >= 4 is 0 Å². The summed E-state index contributed by atoms with van der Waals surface area (Å²) in [6, 6.07) is 0. The van der Waals surface area contributed by atoms with E-state index in [2.05, 4.69) is 20.8 Å². The van der Waals surface area contributed by atoms with Gasteiger partial charge in [-0.15, -0.1) is 0 Å². The van der Waals surface area contributed by atoms with Crippen LogP contribution in [-0.2, 0) is 4.74 Å². The molecular formula is C10H20O2. The molecule has 0 aromatic rings. The van der Waals surface area contributed by atoms with E-state index in [1.54, 1.807) is 0 Å². The lowest BCUT2D eigenvalue weighted by molar-refractivity contribution is -0.150. The molecule has 72 valence electrons. The minimum absolute atomic E-state index is 0.00819. The van der Waals surface area contributed by atoms with Gasteiger partial charge >= 0.3 is 0 Å². The van der Waals surface area contributed by atoms with Crippen LogP contribution in [0.1, 0.15) is 34.1 Å². The van der Waals surface area contributed by atoms with Crippen molar-refractivity contribution in [3.8, 4) is 0 Å². The van der Waals surface area contributed by atoms with Gasteiger partial charge in [0.15, 0.2) is 0 Å². The zero-order valence-electron chi connectivity index (χ0n) is 8.50. The van der Waals surface area contributed by atoms with Gasteiger partial charge in [-0.05, 0) is 19.3 Å². The fraction of sp³-hybridized carbons (Fsp3) is 1.00. The molecular weight excluding hydrogens is 152 g/mol. The van der Waals surface area contributed by atoms with Crippen LogP contribution in [0, 0.1) is 11.3 Å². The molecule has 1 fully saturated rings. The van der Waals surface area contributed by atoms with E-state index < -0.39 is 0 Å². The maximum absolute atomic E-state index is 9.94. The molecule has 0 amide bonds. The van der Waals surface area contributed by atoms with E-state index in [0.717, 1.165) is 13.0 Å². The van der Waals surface area contributed by atoms with Crippen LogP contribution >= 0.6 is 0 Å². The fourth-order valence-corrected chi connectivity index (χ4v) is 1.87. The standard InChI is InChI=1S/C10H20O2/c1-7(2)10(4)5-6-12-8(3)9(10)11/h7-9,11H,5-6H2,1-4H3/t8-,9-,10-/m0/s1. The quantitative estimate of drug-likeness (QED) is 0.653. The van der Waals surface area contributed by atoms with E-state index >= 15 is 0 Å². The number of ether oxygens (including phenoxy) is 1. The van der Waals surface area contributed by atoms with Crippen molar-refractivity contribution in [2.24, 2.45) is 11.3 Å². The Morgan fingerprint density at radius 2 is 2.08 bits per heavy atom. The summed E-state index contributed by atoms with van der Waals surface area (Å²) in [7, 11) is 0. The molecule has 0 aromatic heterocycles. The van der Waals surface area contributed by atoms with Crippen molar-refractivity contribution in [3.63, 3.8) is 0 Å². The van der Waals surface area contributed by atoms with Crippen molar-refractivity contribution in [2.75, 3.05) is 6.61 Å². The maximum atomic E-state index is 9.94. The first-order valence-corrected chi connectivity index (χ1v) is 4.78. The van der Waals surface area contributed by atoms with Gasteiger partial charge in [0.1, 0.15) is 0 Å². The third kappa shape index (κ3) is 1.50. The Balaban J connectivity index is 2.74. The molecule has 0 saturated carbocycles. The normalized spacial score (nSPS) is 43.5. The average molecular weight is 172 g/mol. The summed E-state index contributed by atoms with van der Waals surface area (Å²) >= 11 is 0. The Labute approximate surface area is 74.9 Å². The highest BCUT2D eigenvalue weighted by Crippen LogP contribution is 2.39. The zero-order valence-corrected chi connectivity index (χ0v) is 8.50. The number of rotatable bonds is 1. The van der Waals surface area contributed by atoms with Gasteiger partial charge in [-0.3, -0.25) is 0 Å². The summed E-state index contributed by atoms with van der Waals surface area (Å²) in [6.45, 7) is 9.22. The molecule has 12 heavy (non-hydrogen) atoms. The van der Waals surface area contributed by atoms with Crippen LogP contribution in [0.15, 0.2) is 0 Å². The van der Waals surface area contributed by atoms with Gasteiger partial charge in [-0.25, -0.2) is 0 Å². The van der Waals surface area contributed by atoms with Crippen molar-refractivity contribution in [1.82, 2.24) is 0 Å². The molecule has 2 nitrogen and oxygen atoms in total. The summed E-state index contributed by atoms with van der Waals surface area (Å²) in [5, 5.41) is 9.94. The molecule has 1 saturated heterocycles. The molecule has 1 rings (SSSR count). The van der Waals surface area contributed by atoms with Gasteiger partial charge in [0.25, 0.3) is 0 Å². The molecule has 0 spiro atoms. The van der Waals surface area contributed by atoms with Crippen molar-refractivity contribution in [2.45, 2.75) is 46.3 Å². The number of hydrogen-bond acceptors (Lipinski definition) is 2. The highest BCUT2D eigenvalue weighted by molar-refractivity contribution is 4.91. The van der Waals surface area contributed by atoms with Crippen LogP contribution < -0.4 is 0 Å². The van der Waals surface area contributed by atoms with E-state index in [0.29, 0.717) is 5.92 Å². The van der Waals surface area contributed by atoms with Gasteiger partial charge in [0.2, 0.25) is 0 Å². The summed E-state index contributed by atoms with van der Waals surface area (Å²) in [5.41, 5.74) is 0.0394. The molecule has 0 aromatic carbocycles. The predicted molar refractivity (Wildman–Crippen MR) is 49.0 cm³/mol. The van der Waals surface area contributed by atoms with Crippen LogP contribution in [-0.4, -0.2) is 23.9 Å². The highest BCUT2D eigenvalue weighted by Gasteiger charge is 2.42. The van der Waals surface area contributed by atoms with E-state index in [1.807, 2.05) is 6.92 Å². The minimum atomic E-state index is -0.314. The summed E-state index contributed by atoms with van der Waals surface area (Å²) < 4.78 is 5.39. The van der Waals surface area contributed by atoms with Crippen LogP contribution in [0.4, 0.5) is 0 Å². The van der Waals surface area contributed by atoms with Gasteiger partial charge < -0.3 is 9.84 Å². The Morgan fingerprint density at radius 1 is 1.50 bits per heavy atom. The first-order chi connectivity index (χ1) is 5.48. The summed E-state index contributed by atoms with van der Waals surface area (Å²) in [6.07, 6.45) is 0.647. The molecule has 2 heteroatoms. The molecule has 0 aliphatic carbocycles. The lowest BCUT2D eigenvalue weighted by atomic mass is 9.69. The second kappa shape index (κ2) is 3.35. The zero-order chi connectivity index (χ0) is 9.35. The minimum Gasteiger partial charge on any atom is -0.390 e. The molecule has 1 heterocycles. The predicted octanol–water partition coefficient (Wildman–Crippen LogP) is 1.82. The summed E-state index contributed by atoms with van der Waals surface area (Å²) in [4.78, 5) is 0. The van der Waals surface area contributed by atoms with E-state index in [9.17, 15) is 5.11 Å². The van der Waals surface area contributed by atoms with Crippen LogP contribution in [0.2, 0.25) is 0 Å². The first kappa shape index (κ1) is 10.0. The Hall–Kier alpha value is -0.0800. The molecule has 1 N–H and O–H groups in total. The average Bonchev–Trinajstić information content (AvgIpc) is 2.00. The van der Waals surface area contributed by atoms with Crippen LogP contribution in [0.5, 0.6) is 0 Å². The molecule has 1 aliphatic heterocycles. The monoisotopic (exact) mass is 172 g/mol. The smallest absolute Gasteiger partial charge is 0.0855 e. The fourth-order valence-electron chi connectivity index (χ4n) is 1.87. The third-order valence-electron chi connectivity index (χ3n) is 3.46. The SMILES string of the molecule is CC(C)[C@]1(C)CCO[C@@H](C)[C@@H]1O. The van der Waals surface area contributed by atoms with Gasteiger partial charge in [-0.1, -0.05) is 20.8 Å². The molecule has 0 bridgehead atoms. The molecule has 0 radical (unpaired) electrons. The molecule has 1 aliphatic rings. The van der Waals surface area contributed by atoms with Gasteiger partial charge in [0.05, 0.1) is 12.2 Å². The van der Waals surface area contributed by atoms with Crippen molar-refractivity contribution in [1.29, 1.82) is 0 Å². The Bertz CT molecular complexity index is 156. The Morgan fingerprint density at radius 3 is 2.50 bits per heavy atom. The topological polar surface area (TPSA) is 29.5 Å². The lowest BCUT2D eigenvalue weighted by Gasteiger charge is -2.44. The molecule has 3 atom stereocenters. The van der Waals surface area contributed by atoms with Gasteiger partial charge in [-0.2, -0.15) is 0 Å². The second-order valence-corrected chi connectivity index (χ2v) is 4.43. The number of aliphatic hydroxyl groups is 1.